The van der Waals surface area contributed by atoms with Crippen LogP contribution in [0.4, 0.5) is 18.9 Å². The Bertz CT molecular complexity index is 550. The van der Waals surface area contributed by atoms with Crippen molar-refractivity contribution in [2.75, 3.05) is 7.11 Å². The van der Waals surface area contributed by atoms with Gasteiger partial charge in [0.25, 0.3) is 5.69 Å². The molecule has 4 nitrogen and oxygen atoms in total. The summed E-state index contributed by atoms with van der Waals surface area (Å²) in [5.41, 5.74) is -2.61. The number of hydrogen-bond donors (Lipinski definition) is 0. The van der Waals surface area contributed by atoms with E-state index in [2.05, 4.69) is 15.9 Å². The maximum atomic E-state index is 13.0. The Morgan fingerprint density at radius 3 is 2.10 bits per heavy atom. The lowest BCUT2D eigenvalue weighted by Gasteiger charge is -2.24. The number of hydrogen-bond acceptors (Lipinski definition) is 3. The van der Waals surface area contributed by atoms with E-state index in [1.807, 2.05) is 0 Å². The molecule has 0 saturated heterocycles. The Hall–Kier alpha value is -1.31. The fourth-order valence-corrected chi connectivity index (χ4v) is 2.59. The van der Waals surface area contributed by atoms with E-state index in [-0.39, 0.29) is 5.75 Å². The van der Waals surface area contributed by atoms with Gasteiger partial charge in [0.2, 0.25) is 0 Å². The Morgan fingerprint density at radius 1 is 1.30 bits per heavy atom. The Morgan fingerprint density at radius 2 is 1.80 bits per heavy atom. The Labute approximate surface area is 122 Å². The van der Waals surface area contributed by atoms with E-state index in [1.165, 1.54) is 7.11 Å². The number of nitro benzene ring substituents is 1. The molecule has 1 aromatic carbocycles. The zero-order valence-electron chi connectivity index (χ0n) is 11.3. The van der Waals surface area contributed by atoms with Crippen LogP contribution < -0.4 is 4.74 Å². The van der Waals surface area contributed by atoms with Crippen LogP contribution in [0.3, 0.4) is 0 Å². The molecule has 1 aromatic rings. The monoisotopic (exact) mass is 355 g/mol. The molecule has 0 atom stereocenters. The largest absolute Gasteiger partial charge is 0.495 e. The lowest BCUT2D eigenvalue weighted by atomic mass is 9.85. The maximum Gasteiger partial charge on any atom is 0.424 e. The third kappa shape index (κ3) is 3.05. The number of ether oxygens (including phenoxy) is 1. The van der Waals surface area contributed by atoms with E-state index in [1.54, 1.807) is 20.8 Å². The van der Waals surface area contributed by atoms with E-state index in [0.29, 0.717) is 5.56 Å². The second-order valence-electron chi connectivity index (χ2n) is 5.17. The molecule has 0 saturated carbocycles. The molecule has 0 aromatic heterocycles. The summed E-state index contributed by atoms with van der Waals surface area (Å²) in [6.45, 7) is 5.19. The van der Waals surface area contributed by atoms with Crippen LogP contribution in [0.25, 0.3) is 0 Å². The summed E-state index contributed by atoms with van der Waals surface area (Å²) in [4.78, 5) is 9.90. The van der Waals surface area contributed by atoms with Crippen LogP contribution in [0.15, 0.2) is 10.5 Å². The number of benzene rings is 1. The zero-order valence-corrected chi connectivity index (χ0v) is 12.8. The summed E-state index contributed by atoms with van der Waals surface area (Å²) in [5, 5.41) is 10.9. The van der Waals surface area contributed by atoms with Gasteiger partial charge in [-0.1, -0.05) is 20.8 Å². The number of halogens is 4. The summed E-state index contributed by atoms with van der Waals surface area (Å²) < 4.78 is 43.6. The Kier molecular flexibility index (Phi) is 4.38. The highest BCUT2D eigenvalue weighted by Gasteiger charge is 2.43. The van der Waals surface area contributed by atoms with Crippen molar-refractivity contribution in [3.8, 4) is 5.75 Å². The molecule has 20 heavy (non-hydrogen) atoms. The van der Waals surface area contributed by atoms with Gasteiger partial charge < -0.3 is 4.74 Å². The standard InChI is InChI=1S/C12H13BrF3NO3/c1-11(2,3)6-5-7(17(18)19)8(12(14,15)16)9(13)10(6)20-4/h5H,1-4H3. The third-order valence-electron chi connectivity index (χ3n) is 2.69. The summed E-state index contributed by atoms with van der Waals surface area (Å²) in [5.74, 6) is -0.0459. The summed E-state index contributed by atoms with van der Waals surface area (Å²) in [6.07, 6.45) is -4.86. The first-order chi connectivity index (χ1) is 8.91. The molecule has 0 fully saturated rings. The molecule has 1 rings (SSSR count). The normalized spacial score (nSPS) is 12.4. The molecular weight excluding hydrogens is 343 g/mol. The highest BCUT2D eigenvalue weighted by molar-refractivity contribution is 9.10. The maximum absolute atomic E-state index is 13.0. The molecule has 0 spiro atoms. The lowest BCUT2D eigenvalue weighted by molar-refractivity contribution is -0.388. The van der Waals surface area contributed by atoms with Gasteiger partial charge >= 0.3 is 6.18 Å². The topological polar surface area (TPSA) is 52.4 Å². The van der Waals surface area contributed by atoms with Crippen molar-refractivity contribution in [1.82, 2.24) is 0 Å². The van der Waals surface area contributed by atoms with Gasteiger partial charge in [0.15, 0.2) is 5.56 Å². The van der Waals surface area contributed by atoms with Gasteiger partial charge in [-0.05, 0) is 21.3 Å². The van der Waals surface area contributed by atoms with Gasteiger partial charge in [-0.15, -0.1) is 0 Å². The van der Waals surface area contributed by atoms with E-state index < -0.39 is 32.2 Å². The number of rotatable bonds is 2. The van der Waals surface area contributed by atoms with E-state index >= 15 is 0 Å². The minimum atomic E-state index is -4.86. The van der Waals surface area contributed by atoms with Crippen LogP contribution in [-0.2, 0) is 11.6 Å². The molecule has 0 heterocycles. The van der Waals surface area contributed by atoms with Gasteiger partial charge in [0.1, 0.15) is 5.75 Å². The van der Waals surface area contributed by atoms with Crippen LogP contribution in [0.5, 0.6) is 5.75 Å². The van der Waals surface area contributed by atoms with Crippen LogP contribution in [0.2, 0.25) is 0 Å². The number of nitro groups is 1. The lowest BCUT2D eigenvalue weighted by Crippen LogP contribution is -2.17. The number of alkyl halides is 3. The van der Waals surface area contributed by atoms with Gasteiger partial charge in [-0.2, -0.15) is 13.2 Å². The van der Waals surface area contributed by atoms with Crippen molar-refractivity contribution in [1.29, 1.82) is 0 Å². The predicted octanol–water partition coefficient (Wildman–Crippen LogP) is 4.68. The average molecular weight is 356 g/mol. The van der Waals surface area contributed by atoms with Crippen molar-refractivity contribution in [2.24, 2.45) is 0 Å². The van der Waals surface area contributed by atoms with Crippen LogP contribution in [0, 0.1) is 10.1 Å². The fraction of sp³-hybridized carbons (Fsp3) is 0.500. The third-order valence-corrected chi connectivity index (χ3v) is 3.45. The number of nitrogens with zero attached hydrogens (tertiary/aromatic N) is 1. The summed E-state index contributed by atoms with van der Waals surface area (Å²) >= 11 is 2.79. The average Bonchev–Trinajstić information content (AvgIpc) is 2.24. The van der Waals surface area contributed by atoms with Crippen molar-refractivity contribution < 1.29 is 22.8 Å². The second-order valence-corrected chi connectivity index (χ2v) is 5.96. The van der Waals surface area contributed by atoms with Gasteiger partial charge in [0, 0.05) is 11.6 Å². The molecule has 0 unspecified atom stereocenters. The molecule has 0 N–H and O–H groups in total. The van der Waals surface area contributed by atoms with Crippen molar-refractivity contribution in [3.05, 3.63) is 31.8 Å². The van der Waals surface area contributed by atoms with E-state index in [9.17, 15) is 23.3 Å². The first-order valence-electron chi connectivity index (χ1n) is 5.53. The predicted molar refractivity (Wildman–Crippen MR) is 71.1 cm³/mol. The van der Waals surface area contributed by atoms with Gasteiger partial charge in [-0.25, -0.2) is 0 Å². The quantitative estimate of drug-likeness (QED) is 0.571. The second kappa shape index (κ2) is 5.23. The fourth-order valence-electron chi connectivity index (χ4n) is 1.79. The molecule has 112 valence electrons. The molecule has 0 radical (unpaired) electrons. The Balaban J connectivity index is 3.86. The summed E-state index contributed by atoms with van der Waals surface area (Å²) in [6, 6.07) is 0.923. The van der Waals surface area contributed by atoms with Crippen LogP contribution >= 0.6 is 15.9 Å². The molecular formula is C12H13BrF3NO3. The van der Waals surface area contributed by atoms with Crippen molar-refractivity contribution >= 4 is 21.6 Å². The molecule has 0 bridgehead atoms. The van der Waals surface area contributed by atoms with Crippen molar-refractivity contribution in [3.63, 3.8) is 0 Å². The molecule has 8 heteroatoms. The summed E-state index contributed by atoms with van der Waals surface area (Å²) in [7, 11) is 1.22. The SMILES string of the molecule is COc1c(C(C)(C)C)cc([N+](=O)[O-])c(C(F)(F)F)c1Br. The van der Waals surface area contributed by atoms with Gasteiger partial charge in [0.05, 0.1) is 16.5 Å². The highest BCUT2D eigenvalue weighted by Crippen LogP contribution is 2.49. The molecule has 0 aliphatic rings. The smallest absolute Gasteiger partial charge is 0.424 e. The van der Waals surface area contributed by atoms with E-state index in [0.717, 1.165) is 6.07 Å². The minimum absolute atomic E-state index is 0.0459. The molecule has 0 amide bonds. The van der Waals surface area contributed by atoms with Crippen LogP contribution in [0.1, 0.15) is 31.9 Å². The van der Waals surface area contributed by atoms with Crippen LogP contribution in [-0.4, -0.2) is 12.0 Å². The highest BCUT2D eigenvalue weighted by atomic mass is 79.9. The first-order valence-corrected chi connectivity index (χ1v) is 6.33. The molecule has 0 aliphatic heterocycles. The first kappa shape index (κ1) is 16.7. The number of methoxy groups -OCH3 is 1. The van der Waals surface area contributed by atoms with Gasteiger partial charge in [-0.3, -0.25) is 10.1 Å². The van der Waals surface area contributed by atoms with Crippen molar-refractivity contribution in [2.45, 2.75) is 32.4 Å². The molecule has 0 aliphatic carbocycles. The minimum Gasteiger partial charge on any atom is -0.495 e. The zero-order chi connectivity index (χ0) is 15.9. The van der Waals surface area contributed by atoms with E-state index in [4.69, 9.17) is 4.74 Å².